The third-order valence-corrected chi connectivity index (χ3v) is 9.64. The Kier molecular flexibility index (Phi) is 13.8. The summed E-state index contributed by atoms with van der Waals surface area (Å²) in [6, 6.07) is 16.2. The molecule has 3 aromatic rings. The van der Waals surface area contributed by atoms with Crippen LogP contribution in [-0.2, 0) is 41.8 Å². The van der Waals surface area contributed by atoms with Crippen molar-refractivity contribution in [1.29, 1.82) is 0 Å². The van der Waals surface area contributed by atoms with Gasteiger partial charge in [-0.15, -0.1) is 0 Å². The van der Waals surface area contributed by atoms with Gasteiger partial charge < -0.3 is 53.0 Å². The number of aliphatic carboxylic acids is 1. The van der Waals surface area contributed by atoms with E-state index in [-0.39, 0.29) is 23.7 Å². The molecule has 0 spiro atoms. The molecular formula is C30H31N3O17P2-2. The number of carboxylic acid groups (broad SMARTS) is 1. The molecule has 0 aliphatic carbocycles. The average Bonchev–Trinajstić information content (AvgIpc) is 3.38. The molecule has 1 fully saturated rings. The molecule has 0 saturated carbocycles. The number of nitrogens with one attached hydrogen (secondary N) is 1. The summed E-state index contributed by atoms with van der Waals surface area (Å²) in [5.41, 5.74) is -1.09. The molecule has 3 unspecified atom stereocenters. The SMILES string of the molecule is CCCCC(=O)Nc1ccn([C@@H]2O[C@H](COP(=O)([O-])OP(=O)([O-])CC(=O)O)C(OC(=O)Oc3ccccc3)[C@@H]2OC(=O)Oc2ccccc2)c(=O)n1. The number of hydrogen-bond acceptors (Lipinski definition) is 17. The van der Waals surface area contributed by atoms with Gasteiger partial charge in [0.05, 0.1) is 6.61 Å². The number of carboxylic acids is 1. The summed E-state index contributed by atoms with van der Waals surface area (Å²) < 4.78 is 60.7. The van der Waals surface area contributed by atoms with E-state index in [4.69, 9.17) is 28.8 Å². The van der Waals surface area contributed by atoms with E-state index in [1.165, 1.54) is 54.6 Å². The van der Waals surface area contributed by atoms with Gasteiger partial charge in [0, 0.05) is 12.6 Å². The van der Waals surface area contributed by atoms with Crippen LogP contribution in [0.5, 0.6) is 11.5 Å². The van der Waals surface area contributed by atoms with Gasteiger partial charge in [-0.1, -0.05) is 49.7 Å². The maximum absolute atomic E-state index is 13.2. The number of phosphoric ester groups is 1. The second-order valence-corrected chi connectivity index (χ2v) is 14.0. The molecule has 6 atom stereocenters. The van der Waals surface area contributed by atoms with Crippen molar-refractivity contribution >= 4 is 45.4 Å². The number of unbranched alkanes of at least 4 members (excludes halogenated alkanes) is 1. The van der Waals surface area contributed by atoms with Crippen molar-refractivity contribution in [3.63, 3.8) is 0 Å². The minimum atomic E-state index is -5.86. The molecule has 1 aliphatic heterocycles. The summed E-state index contributed by atoms with van der Waals surface area (Å²) in [6.45, 7) is 0.665. The third kappa shape index (κ3) is 12.1. The number of benzene rings is 2. The van der Waals surface area contributed by atoms with Crippen molar-refractivity contribution in [3.8, 4) is 11.5 Å². The highest BCUT2D eigenvalue weighted by Crippen LogP contribution is 2.55. The Labute approximate surface area is 294 Å². The predicted molar refractivity (Wildman–Crippen MR) is 170 cm³/mol. The molecular weight excluding hydrogens is 736 g/mol. The van der Waals surface area contributed by atoms with Crippen molar-refractivity contribution in [2.45, 2.75) is 50.7 Å². The smallest absolute Gasteiger partial charge is 0.514 e. The van der Waals surface area contributed by atoms with Crippen LogP contribution in [0.25, 0.3) is 0 Å². The van der Waals surface area contributed by atoms with E-state index >= 15 is 0 Å². The molecule has 0 bridgehead atoms. The zero-order valence-electron chi connectivity index (χ0n) is 27.0. The molecule has 1 aromatic heterocycles. The average molecular weight is 768 g/mol. The number of nitrogens with zero attached hydrogens (tertiary/aromatic N) is 2. The van der Waals surface area contributed by atoms with Crippen molar-refractivity contribution < 1.29 is 75.7 Å². The van der Waals surface area contributed by atoms with Crippen LogP contribution in [0, 0.1) is 0 Å². The first-order chi connectivity index (χ1) is 24.6. The lowest BCUT2D eigenvalue weighted by Gasteiger charge is -2.31. The molecule has 2 aromatic carbocycles. The largest absolute Gasteiger partial charge is 0.778 e. The number of para-hydroxylation sites is 2. The van der Waals surface area contributed by atoms with Crippen LogP contribution in [-0.4, -0.2) is 69.9 Å². The quantitative estimate of drug-likeness (QED) is 0.120. The topological polar surface area (TPSA) is 280 Å². The van der Waals surface area contributed by atoms with E-state index in [0.717, 1.165) is 17.2 Å². The van der Waals surface area contributed by atoms with Gasteiger partial charge in [-0.3, -0.25) is 23.0 Å². The van der Waals surface area contributed by atoms with E-state index in [9.17, 15) is 42.9 Å². The highest BCUT2D eigenvalue weighted by atomic mass is 31.3. The minimum absolute atomic E-state index is 0.00389. The van der Waals surface area contributed by atoms with Gasteiger partial charge in [-0.25, -0.2) is 14.4 Å². The number of hydrogen-bond donors (Lipinski definition) is 2. The molecule has 2 N–H and O–H groups in total. The second-order valence-electron chi connectivity index (χ2n) is 10.7. The summed E-state index contributed by atoms with van der Waals surface area (Å²) in [7, 11) is -11.4. The van der Waals surface area contributed by atoms with Gasteiger partial charge in [-0.05, 0) is 36.8 Å². The summed E-state index contributed by atoms with van der Waals surface area (Å²) in [5, 5.41) is 11.2. The number of carbonyl (C=O) groups is 4. The zero-order chi connectivity index (χ0) is 37.9. The first-order valence-electron chi connectivity index (χ1n) is 15.2. The fraction of sp³-hybridized carbons (Fsp3) is 0.333. The summed E-state index contributed by atoms with van der Waals surface area (Å²) in [6.07, 6.45) is -9.34. The van der Waals surface area contributed by atoms with Crippen LogP contribution >= 0.6 is 15.4 Å². The molecule has 1 saturated heterocycles. The van der Waals surface area contributed by atoms with Crippen molar-refractivity contribution in [3.05, 3.63) is 83.4 Å². The predicted octanol–water partition coefficient (Wildman–Crippen LogP) is 2.58. The standard InChI is InChI=1S/C30H33N3O17P2/c1-2-3-14-23(34)31-22-15-16-33(28(37)32-22)27-26(49-30(39)46-20-12-8-5-9-13-20)25(48-29(38)45-19-10-6-4-7-11-19)21(47-27)17-44-52(42,43)50-51(40,41)18-24(35)36/h4-13,15-16,21,25-27H,2-3,14,17-18H2,1H3,(H,35,36)(H,40,41)(H,42,43)(H,31,32,34,37)/p-2/t21-,25?,26+,27-/m1/s1. The van der Waals surface area contributed by atoms with Crippen molar-refractivity contribution in [2.75, 3.05) is 18.1 Å². The Balaban J connectivity index is 1.67. The van der Waals surface area contributed by atoms with Crippen LogP contribution < -0.4 is 30.3 Å². The van der Waals surface area contributed by atoms with Crippen molar-refractivity contribution in [2.24, 2.45) is 0 Å². The van der Waals surface area contributed by atoms with Crippen LogP contribution in [0.4, 0.5) is 15.4 Å². The molecule has 22 heteroatoms. The second kappa shape index (κ2) is 18.0. The Bertz CT molecular complexity index is 1880. The molecule has 2 heterocycles. The monoisotopic (exact) mass is 767 g/mol. The lowest BCUT2D eigenvalue weighted by Crippen LogP contribution is -2.43. The first-order valence-corrected chi connectivity index (χ1v) is 18.4. The van der Waals surface area contributed by atoms with Gasteiger partial charge in [0.15, 0.2) is 26.0 Å². The third-order valence-electron chi connectivity index (χ3n) is 6.72. The van der Waals surface area contributed by atoms with Gasteiger partial charge in [0.2, 0.25) is 5.91 Å². The highest BCUT2D eigenvalue weighted by molar-refractivity contribution is 7.63. The normalized spacial score (nSPS) is 20.4. The maximum atomic E-state index is 13.2. The Morgan fingerprint density at radius 2 is 1.50 bits per heavy atom. The van der Waals surface area contributed by atoms with Crippen molar-refractivity contribution in [1.82, 2.24) is 9.55 Å². The fourth-order valence-electron chi connectivity index (χ4n) is 4.53. The van der Waals surface area contributed by atoms with Crippen LogP contribution in [0.2, 0.25) is 0 Å². The van der Waals surface area contributed by atoms with E-state index in [2.05, 4.69) is 19.1 Å². The Morgan fingerprint density at radius 1 is 0.923 bits per heavy atom. The highest BCUT2D eigenvalue weighted by Gasteiger charge is 2.52. The lowest BCUT2D eigenvalue weighted by atomic mass is 10.1. The Hall–Kier alpha value is -4.94. The van der Waals surface area contributed by atoms with Gasteiger partial charge in [0.25, 0.3) is 7.82 Å². The number of aromatic nitrogens is 2. The molecule has 280 valence electrons. The molecule has 1 amide bonds. The number of anilines is 1. The minimum Gasteiger partial charge on any atom is -0.778 e. The molecule has 4 rings (SSSR count). The van der Waals surface area contributed by atoms with Crippen LogP contribution in [0.3, 0.4) is 0 Å². The molecule has 52 heavy (non-hydrogen) atoms. The molecule has 0 radical (unpaired) electrons. The van der Waals surface area contributed by atoms with Gasteiger partial charge in [0.1, 0.15) is 29.6 Å². The number of phosphoric acid groups is 1. The number of ether oxygens (including phenoxy) is 5. The first kappa shape index (κ1) is 39.8. The number of carbonyl (C=O) groups excluding carboxylic acids is 3. The van der Waals surface area contributed by atoms with Gasteiger partial charge in [-0.2, -0.15) is 4.98 Å². The fourth-order valence-corrected chi connectivity index (χ4v) is 6.83. The summed E-state index contributed by atoms with van der Waals surface area (Å²) >= 11 is 0. The molecule has 20 nitrogen and oxygen atoms in total. The van der Waals surface area contributed by atoms with E-state index in [1.807, 2.05) is 6.92 Å². The molecule has 1 aliphatic rings. The van der Waals surface area contributed by atoms with E-state index in [1.54, 1.807) is 12.1 Å². The summed E-state index contributed by atoms with van der Waals surface area (Å²) in [5.74, 6) is -2.48. The van der Waals surface area contributed by atoms with Gasteiger partial charge >= 0.3 is 24.0 Å². The number of rotatable bonds is 16. The zero-order valence-corrected chi connectivity index (χ0v) is 28.8. The van der Waals surface area contributed by atoms with Crippen LogP contribution in [0.1, 0.15) is 32.4 Å². The van der Waals surface area contributed by atoms with E-state index in [0.29, 0.717) is 6.42 Å². The van der Waals surface area contributed by atoms with E-state index < -0.39 is 82.6 Å². The lowest BCUT2D eigenvalue weighted by molar-refractivity contribution is -0.233. The maximum Gasteiger partial charge on any atom is 0.514 e. The number of amides is 1. The Morgan fingerprint density at radius 3 is 2.04 bits per heavy atom. The van der Waals surface area contributed by atoms with Crippen LogP contribution in [0.15, 0.2) is 77.7 Å². The summed E-state index contributed by atoms with van der Waals surface area (Å²) in [4.78, 5) is 90.4.